The normalized spacial score (nSPS) is 11.6. The highest BCUT2D eigenvalue weighted by Crippen LogP contribution is 2.38. The number of aryl methyl sites for hydroxylation is 2. The van der Waals surface area contributed by atoms with Crippen LogP contribution < -0.4 is 30.2 Å². The van der Waals surface area contributed by atoms with Crippen molar-refractivity contribution in [2.24, 2.45) is 0 Å². The first-order chi connectivity index (χ1) is 24.7. The number of methoxy groups -OCH3 is 3. The van der Waals surface area contributed by atoms with Crippen LogP contribution >= 0.6 is 11.8 Å². The molecule has 10 heteroatoms. The number of hydrogen-bond donors (Lipinski definition) is 3. The third-order valence-electron chi connectivity index (χ3n) is 8.05. The molecule has 0 fully saturated rings. The van der Waals surface area contributed by atoms with E-state index in [2.05, 4.69) is 16.0 Å². The summed E-state index contributed by atoms with van der Waals surface area (Å²) in [6.45, 7) is 4.04. The van der Waals surface area contributed by atoms with Gasteiger partial charge in [0.1, 0.15) is 16.7 Å². The van der Waals surface area contributed by atoms with Crippen molar-refractivity contribution in [2.45, 2.75) is 24.0 Å². The Kier molecular flexibility index (Phi) is 12.2. The number of rotatable bonds is 13. The molecule has 5 aromatic rings. The molecule has 51 heavy (non-hydrogen) atoms. The highest BCUT2D eigenvalue weighted by molar-refractivity contribution is 8.00. The second kappa shape index (κ2) is 17.1. The van der Waals surface area contributed by atoms with E-state index in [9.17, 15) is 14.4 Å². The van der Waals surface area contributed by atoms with Crippen LogP contribution in [0.1, 0.15) is 37.9 Å². The van der Waals surface area contributed by atoms with Gasteiger partial charge in [-0.3, -0.25) is 14.4 Å². The predicted molar refractivity (Wildman–Crippen MR) is 203 cm³/mol. The van der Waals surface area contributed by atoms with Crippen molar-refractivity contribution in [3.05, 3.63) is 149 Å². The molecule has 3 amide bonds. The van der Waals surface area contributed by atoms with Gasteiger partial charge in [0.15, 0.2) is 11.5 Å². The van der Waals surface area contributed by atoms with Crippen molar-refractivity contribution in [3.63, 3.8) is 0 Å². The number of thioether (sulfide) groups is 1. The predicted octanol–water partition coefficient (Wildman–Crippen LogP) is 8.21. The lowest BCUT2D eigenvalue weighted by atomic mass is 10.1. The van der Waals surface area contributed by atoms with Crippen LogP contribution in [-0.4, -0.2) is 39.1 Å². The molecule has 1 atom stereocenters. The molecule has 3 N–H and O–H groups in total. The molecule has 0 saturated heterocycles. The Morgan fingerprint density at radius 1 is 0.647 bits per heavy atom. The summed E-state index contributed by atoms with van der Waals surface area (Å²) in [6.07, 6.45) is 1.51. The lowest BCUT2D eigenvalue weighted by Crippen LogP contribution is -2.30. The molecule has 260 valence electrons. The molecule has 5 rings (SSSR count). The van der Waals surface area contributed by atoms with Crippen LogP contribution in [0.25, 0.3) is 6.08 Å². The number of nitrogens with one attached hydrogen (secondary N) is 3. The van der Waals surface area contributed by atoms with Gasteiger partial charge in [0.25, 0.3) is 11.8 Å². The van der Waals surface area contributed by atoms with Crippen LogP contribution in [0.2, 0.25) is 0 Å². The highest BCUT2D eigenvalue weighted by atomic mass is 32.2. The van der Waals surface area contributed by atoms with Crippen LogP contribution in [0.5, 0.6) is 17.2 Å². The van der Waals surface area contributed by atoms with Crippen molar-refractivity contribution in [2.75, 3.05) is 32.0 Å². The molecule has 0 aliphatic rings. The van der Waals surface area contributed by atoms with Gasteiger partial charge in [-0.25, -0.2) is 0 Å². The van der Waals surface area contributed by atoms with E-state index < -0.39 is 17.1 Å². The quantitative estimate of drug-likeness (QED) is 0.0838. The van der Waals surface area contributed by atoms with Crippen molar-refractivity contribution < 1.29 is 28.6 Å². The first-order valence-corrected chi connectivity index (χ1v) is 17.0. The maximum Gasteiger partial charge on any atom is 0.272 e. The third kappa shape index (κ3) is 9.37. The smallest absolute Gasteiger partial charge is 0.272 e. The number of carbonyl (C=O) groups is 3. The first-order valence-electron chi connectivity index (χ1n) is 16.1. The van der Waals surface area contributed by atoms with Crippen molar-refractivity contribution in [3.8, 4) is 17.2 Å². The average molecular weight is 702 g/mol. The summed E-state index contributed by atoms with van der Waals surface area (Å²) in [4.78, 5) is 41.4. The van der Waals surface area contributed by atoms with Gasteiger partial charge in [-0.05, 0) is 91.2 Å². The van der Waals surface area contributed by atoms with Crippen LogP contribution in [0.3, 0.4) is 0 Å². The van der Waals surface area contributed by atoms with E-state index in [0.29, 0.717) is 34.1 Å². The monoisotopic (exact) mass is 701 g/mol. The number of benzene rings is 5. The standard InChI is InChI=1S/C41H39N3O6S/c1-26-16-17-32(22-27(26)2)43-41(47)38(28-12-8-6-9-13-28)51-33-20-18-31(19-21-33)42-40(46)34(44-39(45)29-14-10-7-11-15-29)23-30-24-36(49-4)37(50-5)25-35(30)48-3/h6-25,38H,1-5H3,(H,42,46)(H,43,47)(H,44,45)/b34-23-. The molecule has 0 heterocycles. The van der Waals surface area contributed by atoms with Crippen molar-refractivity contribution >= 4 is 46.9 Å². The molecule has 0 aromatic heterocycles. The lowest BCUT2D eigenvalue weighted by Gasteiger charge is -2.18. The topological polar surface area (TPSA) is 115 Å². The minimum atomic E-state index is -0.563. The molecule has 0 aliphatic carbocycles. The molecule has 0 spiro atoms. The molecular formula is C41H39N3O6S. The molecule has 0 aliphatic heterocycles. The summed E-state index contributed by atoms with van der Waals surface area (Å²) >= 11 is 1.40. The van der Waals surface area contributed by atoms with E-state index in [-0.39, 0.29) is 11.6 Å². The second-order valence-electron chi connectivity index (χ2n) is 11.5. The van der Waals surface area contributed by atoms with E-state index in [1.165, 1.54) is 39.2 Å². The average Bonchev–Trinajstić information content (AvgIpc) is 3.16. The maximum absolute atomic E-state index is 13.8. The number of ether oxygens (including phenoxy) is 3. The van der Waals surface area contributed by atoms with Crippen LogP contribution in [-0.2, 0) is 9.59 Å². The van der Waals surface area contributed by atoms with Crippen LogP contribution in [0.15, 0.2) is 126 Å². The van der Waals surface area contributed by atoms with Crippen molar-refractivity contribution in [1.29, 1.82) is 0 Å². The van der Waals surface area contributed by atoms with Gasteiger partial charge in [0.05, 0.1) is 21.3 Å². The Morgan fingerprint density at radius 2 is 1.25 bits per heavy atom. The molecule has 9 nitrogen and oxygen atoms in total. The fourth-order valence-corrected chi connectivity index (χ4v) is 6.17. The van der Waals surface area contributed by atoms with E-state index in [4.69, 9.17) is 14.2 Å². The Balaban J connectivity index is 1.39. The summed E-state index contributed by atoms with van der Waals surface area (Å²) < 4.78 is 16.4. The largest absolute Gasteiger partial charge is 0.496 e. The molecule has 1 unspecified atom stereocenters. The zero-order valence-corrected chi connectivity index (χ0v) is 29.8. The maximum atomic E-state index is 13.8. The van der Waals surface area contributed by atoms with E-state index >= 15 is 0 Å². The van der Waals surface area contributed by atoms with Gasteiger partial charge in [-0.2, -0.15) is 0 Å². The summed E-state index contributed by atoms with van der Waals surface area (Å²) in [6, 6.07) is 34.5. The summed E-state index contributed by atoms with van der Waals surface area (Å²) in [7, 11) is 4.51. The Hall–Kier alpha value is -6.00. The Morgan fingerprint density at radius 3 is 1.88 bits per heavy atom. The first kappa shape index (κ1) is 36.3. The number of anilines is 2. The lowest BCUT2D eigenvalue weighted by molar-refractivity contribution is -0.116. The fourth-order valence-electron chi connectivity index (χ4n) is 5.14. The summed E-state index contributed by atoms with van der Waals surface area (Å²) in [5, 5.41) is 8.16. The minimum Gasteiger partial charge on any atom is -0.496 e. The van der Waals surface area contributed by atoms with Crippen LogP contribution in [0, 0.1) is 13.8 Å². The van der Waals surface area contributed by atoms with Gasteiger partial charge in [-0.15, -0.1) is 11.8 Å². The van der Waals surface area contributed by atoms with Crippen molar-refractivity contribution in [1.82, 2.24) is 5.32 Å². The highest BCUT2D eigenvalue weighted by Gasteiger charge is 2.23. The molecule has 0 bridgehead atoms. The molecule has 0 radical (unpaired) electrons. The van der Waals surface area contributed by atoms with Gasteiger partial charge < -0.3 is 30.2 Å². The van der Waals surface area contributed by atoms with E-state index in [0.717, 1.165) is 27.3 Å². The SMILES string of the molecule is COc1cc(OC)c(OC)cc1/C=C(\NC(=O)c1ccccc1)C(=O)Nc1ccc(SC(C(=O)Nc2ccc(C)c(C)c2)c2ccccc2)cc1. The van der Waals surface area contributed by atoms with Gasteiger partial charge in [-0.1, -0.05) is 54.6 Å². The zero-order chi connectivity index (χ0) is 36.3. The molecular weight excluding hydrogens is 663 g/mol. The van der Waals surface area contributed by atoms with E-state index in [1.54, 1.807) is 54.6 Å². The van der Waals surface area contributed by atoms with E-state index in [1.807, 2.05) is 74.5 Å². The van der Waals surface area contributed by atoms with Gasteiger partial charge >= 0.3 is 0 Å². The number of hydrogen-bond acceptors (Lipinski definition) is 7. The second-order valence-corrected chi connectivity index (χ2v) is 12.7. The minimum absolute atomic E-state index is 0.0278. The van der Waals surface area contributed by atoms with Gasteiger partial charge in [0, 0.05) is 33.5 Å². The number of amides is 3. The Bertz CT molecular complexity index is 2030. The zero-order valence-electron chi connectivity index (χ0n) is 29.0. The summed E-state index contributed by atoms with van der Waals surface area (Å²) in [5.74, 6) is 0.0918. The Labute approximate surface area is 302 Å². The third-order valence-corrected chi connectivity index (χ3v) is 9.31. The molecule has 5 aromatic carbocycles. The summed E-state index contributed by atoms with van der Waals surface area (Å²) in [5.41, 5.74) is 5.15. The van der Waals surface area contributed by atoms with Crippen LogP contribution in [0.4, 0.5) is 11.4 Å². The fraction of sp³-hybridized carbons (Fsp3) is 0.146. The number of carbonyl (C=O) groups excluding carboxylic acids is 3. The van der Waals surface area contributed by atoms with Gasteiger partial charge in [0.2, 0.25) is 5.91 Å². The molecule has 0 saturated carbocycles.